The van der Waals surface area contributed by atoms with Gasteiger partial charge in [-0.05, 0) is 62.7 Å². The van der Waals surface area contributed by atoms with E-state index in [-0.39, 0.29) is 5.91 Å². The van der Waals surface area contributed by atoms with Gasteiger partial charge in [0.25, 0.3) is 0 Å². The molecule has 1 N–H and O–H groups in total. The van der Waals surface area contributed by atoms with Gasteiger partial charge < -0.3 is 14.3 Å². The molecule has 4 aromatic rings. The second-order valence-electron chi connectivity index (χ2n) is 7.16. The van der Waals surface area contributed by atoms with E-state index in [1.807, 2.05) is 50.2 Å². The van der Waals surface area contributed by atoms with Crippen molar-refractivity contribution in [2.24, 2.45) is 0 Å². The van der Waals surface area contributed by atoms with Crippen molar-refractivity contribution < 1.29 is 13.7 Å². The largest absolute Gasteiger partial charge is 0.441 e. The highest BCUT2D eigenvalue weighted by Gasteiger charge is 2.12. The third kappa shape index (κ3) is 5.19. The van der Waals surface area contributed by atoms with E-state index in [0.29, 0.717) is 47.6 Å². The monoisotopic (exact) mass is 436 g/mol. The Labute approximate surface area is 184 Å². The predicted molar refractivity (Wildman–Crippen MR) is 118 cm³/mol. The van der Waals surface area contributed by atoms with E-state index in [1.165, 1.54) is 0 Å². The lowest BCUT2D eigenvalue weighted by atomic mass is 10.2. The number of aryl methyl sites for hydroxylation is 3. The van der Waals surface area contributed by atoms with E-state index in [1.54, 1.807) is 12.1 Å². The molecule has 4 rings (SSSR count). The second kappa shape index (κ2) is 9.14. The van der Waals surface area contributed by atoms with Gasteiger partial charge in [-0.3, -0.25) is 4.79 Å². The first-order valence-corrected chi connectivity index (χ1v) is 10.3. The van der Waals surface area contributed by atoms with Crippen LogP contribution in [0.3, 0.4) is 0 Å². The molecule has 0 atom stereocenters. The summed E-state index contributed by atoms with van der Waals surface area (Å²) < 4.78 is 10.9. The molecule has 31 heavy (non-hydrogen) atoms. The lowest BCUT2D eigenvalue weighted by Gasteiger charge is -2.06. The number of nitrogens with zero attached hydrogens (tertiary/aromatic N) is 3. The first-order chi connectivity index (χ1) is 15.0. The summed E-state index contributed by atoms with van der Waals surface area (Å²) in [5, 5.41) is 7.54. The van der Waals surface area contributed by atoms with Crippen LogP contribution in [0.1, 0.15) is 30.2 Å². The lowest BCUT2D eigenvalue weighted by Crippen LogP contribution is -2.11. The average molecular weight is 437 g/mol. The summed E-state index contributed by atoms with van der Waals surface area (Å²) in [6.07, 6.45) is 1.44. The van der Waals surface area contributed by atoms with Crippen molar-refractivity contribution in [3.05, 3.63) is 70.9 Å². The number of nitrogens with one attached hydrogen (secondary N) is 1. The molecular formula is C23H21ClN4O3. The number of benzene rings is 2. The third-order valence-corrected chi connectivity index (χ3v) is 5.04. The van der Waals surface area contributed by atoms with Gasteiger partial charge in [0.15, 0.2) is 0 Å². The number of hydrogen-bond acceptors (Lipinski definition) is 6. The molecule has 7 nitrogen and oxygen atoms in total. The van der Waals surface area contributed by atoms with Gasteiger partial charge in [-0.15, -0.1) is 0 Å². The molecular weight excluding hydrogens is 416 g/mol. The molecule has 0 saturated carbocycles. The van der Waals surface area contributed by atoms with Gasteiger partial charge in [0.1, 0.15) is 5.76 Å². The topological polar surface area (TPSA) is 94.1 Å². The Bertz CT molecular complexity index is 1180. The fraction of sp³-hybridized carbons (Fsp3) is 0.217. The summed E-state index contributed by atoms with van der Waals surface area (Å²) >= 11 is 5.90. The maximum atomic E-state index is 12.3. The zero-order chi connectivity index (χ0) is 21.8. The van der Waals surface area contributed by atoms with Crippen LogP contribution in [-0.2, 0) is 11.2 Å². The highest BCUT2D eigenvalue weighted by atomic mass is 35.5. The van der Waals surface area contributed by atoms with Gasteiger partial charge >= 0.3 is 0 Å². The zero-order valence-electron chi connectivity index (χ0n) is 17.2. The van der Waals surface area contributed by atoms with Crippen molar-refractivity contribution in [1.82, 2.24) is 15.1 Å². The Balaban J connectivity index is 1.30. The van der Waals surface area contributed by atoms with Crippen LogP contribution >= 0.6 is 11.6 Å². The second-order valence-corrected chi connectivity index (χ2v) is 7.60. The average Bonchev–Trinajstić information content (AvgIpc) is 3.35. The molecule has 158 valence electrons. The van der Waals surface area contributed by atoms with Crippen LogP contribution in [0.4, 0.5) is 5.69 Å². The standard InChI is InChI=1S/C23H21ClN4O3/c1-14-15(2)30-23(25-14)17-5-3-6-19(13-17)26-20(29)7-4-8-21-27-22(28-31-21)16-9-11-18(24)12-10-16/h3,5-6,9-13H,4,7-8H2,1-2H3,(H,26,29). The lowest BCUT2D eigenvalue weighted by molar-refractivity contribution is -0.116. The van der Waals surface area contributed by atoms with Crippen LogP contribution in [0.5, 0.6) is 0 Å². The van der Waals surface area contributed by atoms with Crippen LogP contribution in [0.15, 0.2) is 57.5 Å². The molecule has 0 saturated heterocycles. The number of rotatable bonds is 7. The van der Waals surface area contributed by atoms with Crippen molar-refractivity contribution in [3.8, 4) is 22.8 Å². The van der Waals surface area contributed by atoms with Crippen molar-refractivity contribution in [1.29, 1.82) is 0 Å². The maximum absolute atomic E-state index is 12.3. The molecule has 8 heteroatoms. The molecule has 0 spiro atoms. The van der Waals surface area contributed by atoms with E-state index in [9.17, 15) is 4.79 Å². The molecule has 2 aromatic heterocycles. The first-order valence-electron chi connectivity index (χ1n) is 9.91. The van der Waals surface area contributed by atoms with Gasteiger partial charge in [0.2, 0.25) is 23.5 Å². The Kier molecular flexibility index (Phi) is 6.13. The fourth-order valence-corrected chi connectivity index (χ4v) is 3.15. The predicted octanol–water partition coefficient (Wildman–Crippen LogP) is 5.62. The van der Waals surface area contributed by atoms with Gasteiger partial charge in [0.05, 0.1) is 5.69 Å². The number of amides is 1. The van der Waals surface area contributed by atoms with Crippen molar-refractivity contribution in [2.75, 3.05) is 5.32 Å². The van der Waals surface area contributed by atoms with Crippen molar-refractivity contribution in [3.63, 3.8) is 0 Å². The molecule has 0 fully saturated rings. The quantitative estimate of drug-likeness (QED) is 0.404. The molecule has 0 aliphatic rings. The van der Waals surface area contributed by atoms with E-state index in [4.69, 9.17) is 20.5 Å². The fourth-order valence-electron chi connectivity index (χ4n) is 3.02. The number of carbonyl (C=O) groups excluding carboxylic acids is 1. The summed E-state index contributed by atoms with van der Waals surface area (Å²) in [7, 11) is 0. The SMILES string of the molecule is Cc1nc(-c2cccc(NC(=O)CCCc3nc(-c4ccc(Cl)cc4)no3)c2)oc1C. The van der Waals surface area contributed by atoms with E-state index < -0.39 is 0 Å². The molecule has 0 aliphatic carbocycles. The van der Waals surface area contributed by atoms with Crippen LogP contribution in [-0.4, -0.2) is 21.0 Å². The number of halogens is 1. The summed E-state index contributed by atoms with van der Waals surface area (Å²) in [6, 6.07) is 14.6. The number of aromatic nitrogens is 3. The highest BCUT2D eigenvalue weighted by molar-refractivity contribution is 6.30. The van der Waals surface area contributed by atoms with Crippen LogP contribution in [0, 0.1) is 13.8 Å². The van der Waals surface area contributed by atoms with Crippen molar-refractivity contribution in [2.45, 2.75) is 33.1 Å². The zero-order valence-corrected chi connectivity index (χ0v) is 17.9. The summed E-state index contributed by atoms with van der Waals surface area (Å²) in [4.78, 5) is 21.1. The molecule has 1 amide bonds. The Morgan fingerprint density at radius 1 is 1.06 bits per heavy atom. The van der Waals surface area contributed by atoms with Gasteiger partial charge in [-0.1, -0.05) is 22.8 Å². The summed E-state index contributed by atoms with van der Waals surface area (Å²) in [5.74, 6) is 2.23. The maximum Gasteiger partial charge on any atom is 0.226 e. The molecule has 0 radical (unpaired) electrons. The van der Waals surface area contributed by atoms with Crippen LogP contribution in [0.2, 0.25) is 5.02 Å². The van der Waals surface area contributed by atoms with E-state index >= 15 is 0 Å². The number of oxazole rings is 1. The molecule has 0 bridgehead atoms. The summed E-state index contributed by atoms with van der Waals surface area (Å²) in [5.41, 5.74) is 3.19. The van der Waals surface area contributed by atoms with Gasteiger partial charge in [-0.2, -0.15) is 4.98 Å². The minimum atomic E-state index is -0.0886. The van der Waals surface area contributed by atoms with Gasteiger partial charge in [-0.25, -0.2) is 4.98 Å². The smallest absolute Gasteiger partial charge is 0.226 e. The van der Waals surface area contributed by atoms with E-state index in [2.05, 4.69) is 20.4 Å². The molecule has 2 aromatic carbocycles. The van der Waals surface area contributed by atoms with Crippen LogP contribution in [0.25, 0.3) is 22.8 Å². The molecule has 0 aliphatic heterocycles. The third-order valence-electron chi connectivity index (χ3n) is 4.79. The minimum Gasteiger partial charge on any atom is -0.441 e. The number of anilines is 1. The normalized spacial score (nSPS) is 10.9. The van der Waals surface area contributed by atoms with Crippen molar-refractivity contribution >= 4 is 23.2 Å². The first kappa shape index (κ1) is 20.8. The Morgan fingerprint density at radius 3 is 2.61 bits per heavy atom. The van der Waals surface area contributed by atoms with Gasteiger partial charge in [0, 0.05) is 34.7 Å². The Hall–Kier alpha value is -3.45. The molecule has 0 unspecified atom stereocenters. The summed E-state index contributed by atoms with van der Waals surface area (Å²) in [6.45, 7) is 3.77. The number of hydrogen-bond donors (Lipinski definition) is 1. The van der Waals surface area contributed by atoms with Crippen LogP contribution < -0.4 is 5.32 Å². The molecule has 2 heterocycles. The number of carbonyl (C=O) groups is 1. The van der Waals surface area contributed by atoms with E-state index in [0.717, 1.165) is 22.6 Å². The minimum absolute atomic E-state index is 0.0886. The Morgan fingerprint density at radius 2 is 1.87 bits per heavy atom. The highest BCUT2D eigenvalue weighted by Crippen LogP contribution is 2.24.